The van der Waals surface area contributed by atoms with Gasteiger partial charge in [0, 0.05) is 12.1 Å². The molecular weight excluding hydrogens is 233 g/mol. The first-order valence-corrected chi connectivity index (χ1v) is 5.87. The van der Waals surface area contributed by atoms with Gasteiger partial charge in [-0.1, -0.05) is 0 Å². The highest BCUT2D eigenvalue weighted by Gasteiger charge is 2.15. The number of rotatable bonds is 1. The van der Waals surface area contributed by atoms with Crippen LogP contribution in [0.15, 0.2) is 29.1 Å². The van der Waals surface area contributed by atoms with Gasteiger partial charge < -0.3 is 10.3 Å². The monoisotopic (exact) mass is 245 g/mol. The largest absolute Gasteiger partial charge is 0.370 e. The highest BCUT2D eigenvalue weighted by atomic mass is 19.1. The summed E-state index contributed by atoms with van der Waals surface area (Å²) in [6.45, 7) is 0.826. The van der Waals surface area contributed by atoms with Gasteiger partial charge in [-0.2, -0.15) is 0 Å². The first-order chi connectivity index (χ1) is 8.74. The fourth-order valence-corrected chi connectivity index (χ4v) is 2.09. The smallest absolute Gasteiger partial charge is 0.256 e. The lowest BCUT2D eigenvalue weighted by Crippen LogP contribution is -2.24. The van der Waals surface area contributed by atoms with Gasteiger partial charge in [0.05, 0.1) is 5.56 Å². The molecule has 2 heterocycles. The second-order valence-electron chi connectivity index (χ2n) is 4.28. The summed E-state index contributed by atoms with van der Waals surface area (Å²) in [5, 5.41) is 3.12. The van der Waals surface area contributed by atoms with E-state index in [1.54, 1.807) is 12.1 Å². The molecule has 0 saturated carbocycles. The lowest BCUT2D eigenvalue weighted by atomic mass is 10.1. The van der Waals surface area contributed by atoms with E-state index in [1.807, 2.05) is 0 Å². The molecule has 5 heteroatoms. The van der Waals surface area contributed by atoms with Crippen molar-refractivity contribution in [1.29, 1.82) is 0 Å². The molecule has 0 amide bonds. The van der Waals surface area contributed by atoms with Gasteiger partial charge >= 0.3 is 0 Å². The first-order valence-electron chi connectivity index (χ1n) is 5.87. The zero-order chi connectivity index (χ0) is 12.5. The van der Waals surface area contributed by atoms with Crippen LogP contribution in [0.25, 0.3) is 11.4 Å². The van der Waals surface area contributed by atoms with Gasteiger partial charge in [0.25, 0.3) is 5.56 Å². The van der Waals surface area contributed by atoms with Crippen LogP contribution in [0.5, 0.6) is 0 Å². The lowest BCUT2D eigenvalue weighted by Gasteiger charge is -2.16. The summed E-state index contributed by atoms with van der Waals surface area (Å²) in [6, 6.07) is 5.90. The number of aromatic amines is 1. The zero-order valence-corrected chi connectivity index (χ0v) is 9.66. The molecule has 2 N–H and O–H groups in total. The van der Waals surface area contributed by atoms with Crippen molar-refractivity contribution in [3.8, 4) is 11.4 Å². The minimum atomic E-state index is -0.308. The van der Waals surface area contributed by atoms with E-state index in [-0.39, 0.29) is 11.4 Å². The van der Waals surface area contributed by atoms with Gasteiger partial charge in [0.1, 0.15) is 17.5 Å². The van der Waals surface area contributed by atoms with Crippen molar-refractivity contribution in [1.82, 2.24) is 9.97 Å². The fraction of sp³-hybridized carbons (Fsp3) is 0.231. The van der Waals surface area contributed by atoms with E-state index in [0.29, 0.717) is 22.8 Å². The summed E-state index contributed by atoms with van der Waals surface area (Å²) in [4.78, 5) is 19.0. The molecule has 0 saturated heterocycles. The zero-order valence-electron chi connectivity index (χ0n) is 9.66. The number of hydrogen-bond acceptors (Lipinski definition) is 3. The second kappa shape index (κ2) is 4.25. The topological polar surface area (TPSA) is 57.8 Å². The van der Waals surface area contributed by atoms with E-state index in [4.69, 9.17) is 0 Å². The molecule has 18 heavy (non-hydrogen) atoms. The Morgan fingerprint density at radius 1 is 1.22 bits per heavy atom. The van der Waals surface area contributed by atoms with E-state index in [1.165, 1.54) is 12.1 Å². The number of H-pyrrole nitrogens is 1. The molecule has 1 aliphatic heterocycles. The Morgan fingerprint density at radius 2 is 2.00 bits per heavy atom. The number of hydrogen-bond donors (Lipinski definition) is 2. The van der Waals surface area contributed by atoms with Crippen LogP contribution >= 0.6 is 0 Å². The van der Waals surface area contributed by atoms with E-state index < -0.39 is 0 Å². The Kier molecular flexibility index (Phi) is 2.59. The third-order valence-electron chi connectivity index (χ3n) is 3.03. The Morgan fingerprint density at radius 3 is 2.78 bits per heavy atom. The van der Waals surface area contributed by atoms with Crippen molar-refractivity contribution < 1.29 is 4.39 Å². The predicted molar refractivity (Wildman–Crippen MR) is 67.1 cm³/mol. The molecule has 1 aliphatic rings. The lowest BCUT2D eigenvalue weighted by molar-refractivity contribution is 0.628. The van der Waals surface area contributed by atoms with Crippen LogP contribution in [0.1, 0.15) is 12.0 Å². The maximum Gasteiger partial charge on any atom is 0.256 e. The third kappa shape index (κ3) is 1.88. The maximum atomic E-state index is 12.9. The van der Waals surface area contributed by atoms with Crippen LogP contribution in [-0.2, 0) is 6.42 Å². The van der Waals surface area contributed by atoms with E-state index in [2.05, 4.69) is 15.3 Å². The summed E-state index contributed by atoms with van der Waals surface area (Å²) in [6.07, 6.45) is 1.68. The van der Waals surface area contributed by atoms with Crippen molar-refractivity contribution in [2.75, 3.05) is 11.9 Å². The fourth-order valence-electron chi connectivity index (χ4n) is 2.09. The van der Waals surface area contributed by atoms with Gasteiger partial charge in [-0.15, -0.1) is 0 Å². The van der Waals surface area contributed by atoms with Crippen LogP contribution < -0.4 is 10.9 Å². The average Bonchev–Trinajstić information content (AvgIpc) is 2.39. The summed E-state index contributed by atoms with van der Waals surface area (Å²) >= 11 is 0. The van der Waals surface area contributed by atoms with Crippen molar-refractivity contribution in [2.24, 2.45) is 0 Å². The maximum absolute atomic E-state index is 12.9. The SMILES string of the molecule is O=c1[nH]c(-c2ccc(F)cc2)nc2c1CCCN2. The Bertz CT molecular complexity index is 634. The number of halogens is 1. The number of nitrogens with zero attached hydrogens (tertiary/aromatic N) is 1. The molecule has 0 fully saturated rings. The molecule has 0 spiro atoms. The highest BCUT2D eigenvalue weighted by molar-refractivity contribution is 5.58. The summed E-state index contributed by atoms with van der Waals surface area (Å²) in [7, 11) is 0. The molecule has 3 rings (SSSR count). The van der Waals surface area contributed by atoms with E-state index >= 15 is 0 Å². The van der Waals surface area contributed by atoms with Gasteiger partial charge in [-0.3, -0.25) is 4.79 Å². The van der Waals surface area contributed by atoms with Gasteiger partial charge in [0.2, 0.25) is 0 Å². The van der Waals surface area contributed by atoms with Crippen molar-refractivity contribution in [2.45, 2.75) is 12.8 Å². The molecule has 2 aromatic rings. The molecule has 0 radical (unpaired) electrons. The van der Waals surface area contributed by atoms with Gasteiger partial charge in [-0.25, -0.2) is 9.37 Å². The molecular formula is C13H12FN3O. The molecule has 4 nitrogen and oxygen atoms in total. The Hall–Kier alpha value is -2.17. The van der Waals surface area contributed by atoms with Crippen molar-refractivity contribution >= 4 is 5.82 Å². The van der Waals surface area contributed by atoms with Crippen LogP contribution in [0.4, 0.5) is 10.2 Å². The normalized spacial score (nSPS) is 13.8. The van der Waals surface area contributed by atoms with Crippen LogP contribution in [0.3, 0.4) is 0 Å². The summed E-state index contributed by atoms with van der Waals surface area (Å²) in [5.41, 5.74) is 1.28. The molecule has 1 aromatic heterocycles. The number of anilines is 1. The average molecular weight is 245 g/mol. The molecule has 0 aliphatic carbocycles. The van der Waals surface area contributed by atoms with Crippen molar-refractivity contribution in [3.05, 3.63) is 46.0 Å². The molecule has 92 valence electrons. The van der Waals surface area contributed by atoms with E-state index in [9.17, 15) is 9.18 Å². The Labute approximate surface area is 103 Å². The molecule has 0 bridgehead atoms. The number of fused-ring (bicyclic) bond motifs is 1. The molecule has 1 aromatic carbocycles. The van der Waals surface area contributed by atoms with Crippen LogP contribution in [0, 0.1) is 5.82 Å². The third-order valence-corrected chi connectivity index (χ3v) is 3.03. The minimum Gasteiger partial charge on any atom is -0.370 e. The van der Waals surface area contributed by atoms with E-state index in [0.717, 1.165) is 19.4 Å². The summed E-state index contributed by atoms with van der Waals surface area (Å²) in [5.74, 6) is 0.801. The molecule has 0 unspecified atom stereocenters. The van der Waals surface area contributed by atoms with Gasteiger partial charge in [0.15, 0.2) is 0 Å². The number of aromatic nitrogens is 2. The van der Waals surface area contributed by atoms with Gasteiger partial charge in [-0.05, 0) is 37.1 Å². The van der Waals surface area contributed by atoms with Crippen LogP contribution in [-0.4, -0.2) is 16.5 Å². The number of nitrogens with one attached hydrogen (secondary N) is 2. The number of benzene rings is 1. The predicted octanol–water partition coefficient (Wildman–Crippen LogP) is 1.93. The Balaban J connectivity index is 2.11. The second-order valence-corrected chi connectivity index (χ2v) is 4.28. The first kappa shape index (κ1) is 11.0. The van der Waals surface area contributed by atoms with Crippen molar-refractivity contribution in [3.63, 3.8) is 0 Å². The standard InChI is InChI=1S/C13H12FN3O/c14-9-5-3-8(4-6-9)11-16-12-10(13(18)17-11)2-1-7-15-12/h3-6H,1-2,7H2,(H2,15,16,17,18). The minimum absolute atomic E-state index is 0.119. The molecule has 0 atom stereocenters. The highest BCUT2D eigenvalue weighted by Crippen LogP contribution is 2.20. The van der Waals surface area contributed by atoms with Crippen LogP contribution in [0.2, 0.25) is 0 Å². The summed E-state index contributed by atoms with van der Waals surface area (Å²) < 4.78 is 12.9. The quantitative estimate of drug-likeness (QED) is 0.807.